The second-order valence-electron chi connectivity index (χ2n) is 8.71. The third-order valence-electron chi connectivity index (χ3n) is 6.10. The molecule has 2 unspecified atom stereocenters. The predicted octanol–water partition coefficient (Wildman–Crippen LogP) is 6.32. The summed E-state index contributed by atoms with van der Waals surface area (Å²) >= 11 is 0. The summed E-state index contributed by atoms with van der Waals surface area (Å²) in [7, 11) is 0. The number of ether oxygens (including phenoxy) is 3. The summed E-state index contributed by atoms with van der Waals surface area (Å²) in [5.41, 5.74) is 2.76. The Kier molecular flexibility index (Phi) is 5.98. The molecule has 2 atom stereocenters. The summed E-state index contributed by atoms with van der Waals surface area (Å²) in [6, 6.07) is 17.1. The van der Waals surface area contributed by atoms with Gasteiger partial charge in [-0.1, -0.05) is 57.0 Å². The topological polar surface area (TPSA) is 56.8 Å². The molecule has 1 fully saturated rings. The van der Waals surface area contributed by atoms with E-state index < -0.39 is 6.09 Å². The monoisotopic (exact) mass is 407 g/mol. The molecule has 0 aromatic heterocycles. The summed E-state index contributed by atoms with van der Waals surface area (Å²) in [5.74, 6) is 1.12. The molecule has 1 aliphatic carbocycles. The molecular weight excluding hydrogens is 378 g/mol. The average Bonchev–Trinajstić information content (AvgIpc) is 3.23. The zero-order chi connectivity index (χ0) is 21.0. The fraction of sp³-hybridized carbons (Fsp3) is 0.400. The fourth-order valence-electron chi connectivity index (χ4n) is 4.24. The van der Waals surface area contributed by atoms with Crippen molar-refractivity contribution in [1.29, 1.82) is 0 Å². The van der Waals surface area contributed by atoms with Gasteiger partial charge >= 0.3 is 6.09 Å². The van der Waals surface area contributed by atoms with E-state index in [1.165, 1.54) is 19.3 Å². The Labute approximate surface area is 178 Å². The lowest BCUT2D eigenvalue weighted by molar-refractivity contribution is -0.110. The highest BCUT2D eigenvalue weighted by Crippen LogP contribution is 2.45. The summed E-state index contributed by atoms with van der Waals surface area (Å²) in [5, 5.41) is 2.75. The molecule has 0 saturated heterocycles. The van der Waals surface area contributed by atoms with Crippen LogP contribution in [-0.2, 0) is 20.8 Å². The molecule has 1 N–H and O–H groups in total. The SMILES string of the molecule is CC1(C)CCCCC1C1OC=C(c2ccc(NC(=O)OCc3ccccc3)cc2)O1. The second-order valence-corrected chi connectivity index (χ2v) is 8.71. The van der Waals surface area contributed by atoms with E-state index in [9.17, 15) is 4.79 Å². The molecule has 2 aromatic rings. The van der Waals surface area contributed by atoms with E-state index in [0.717, 1.165) is 23.3 Å². The van der Waals surface area contributed by atoms with E-state index in [1.54, 1.807) is 6.26 Å². The minimum atomic E-state index is -0.481. The van der Waals surface area contributed by atoms with Crippen LogP contribution in [-0.4, -0.2) is 12.4 Å². The average molecular weight is 408 g/mol. The number of nitrogens with one attached hydrogen (secondary N) is 1. The standard InChI is InChI=1S/C25H29NO4/c1-25(2)15-7-6-10-21(25)23-28-17-22(30-23)19-11-13-20(14-12-19)26-24(27)29-16-18-8-4-3-5-9-18/h3-5,8-9,11-14,17,21,23H,6-7,10,15-16H2,1-2H3,(H,26,27). The van der Waals surface area contributed by atoms with Crippen molar-refractivity contribution in [2.75, 3.05) is 5.32 Å². The number of rotatable bonds is 5. The van der Waals surface area contributed by atoms with Crippen molar-refractivity contribution in [3.05, 3.63) is 72.0 Å². The Balaban J connectivity index is 1.30. The summed E-state index contributed by atoms with van der Waals surface area (Å²) in [6.07, 6.45) is 5.86. The van der Waals surface area contributed by atoms with Gasteiger partial charge in [0.1, 0.15) is 12.9 Å². The maximum atomic E-state index is 12.0. The number of anilines is 1. The van der Waals surface area contributed by atoms with Crippen LogP contribution in [0.25, 0.3) is 5.76 Å². The van der Waals surface area contributed by atoms with Crippen LogP contribution in [0.5, 0.6) is 0 Å². The van der Waals surface area contributed by atoms with Crippen LogP contribution in [0.4, 0.5) is 10.5 Å². The van der Waals surface area contributed by atoms with E-state index in [1.807, 2.05) is 54.6 Å². The quantitative estimate of drug-likeness (QED) is 0.630. The molecule has 1 amide bonds. The highest BCUT2D eigenvalue weighted by atomic mass is 16.7. The van der Waals surface area contributed by atoms with E-state index in [4.69, 9.17) is 14.2 Å². The van der Waals surface area contributed by atoms with E-state index in [-0.39, 0.29) is 18.3 Å². The Morgan fingerprint density at radius 1 is 1.10 bits per heavy atom. The van der Waals surface area contributed by atoms with Gasteiger partial charge in [0.05, 0.1) is 0 Å². The van der Waals surface area contributed by atoms with Gasteiger partial charge in [-0.15, -0.1) is 0 Å². The molecule has 0 bridgehead atoms. The van der Waals surface area contributed by atoms with Crippen molar-refractivity contribution in [3.8, 4) is 0 Å². The van der Waals surface area contributed by atoms with Crippen LogP contribution in [0.15, 0.2) is 60.9 Å². The zero-order valence-corrected chi connectivity index (χ0v) is 17.6. The van der Waals surface area contributed by atoms with Crippen molar-refractivity contribution < 1.29 is 19.0 Å². The molecule has 1 aliphatic heterocycles. The molecule has 1 heterocycles. The lowest BCUT2D eigenvalue weighted by Gasteiger charge is -2.40. The van der Waals surface area contributed by atoms with Gasteiger partial charge in [0.2, 0.25) is 6.29 Å². The molecule has 2 aromatic carbocycles. The van der Waals surface area contributed by atoms with Crippen molar-refractivity contribution in [2.45, 2.75) is 52.4 Å². The molecule has 0 spiro atoms. The van der Waals surface area contributed by atoms with Crippen molar-refractivity contribution >= 4 is 17.5 Å². The Hall–Kier alpha value is -2.95. The lowest BCUT2D eigenvalue weighted by atomic mass is 9.68. The highest BCUT2D eigenvalue weighted by Gasteiger charge is 2.41. The smallest absolute Gasteiger partial charge is 0.411 e. The molecule has 5 nitrogen and oxygen atoms in total. The maximum Gasteiger partial charge on any atom is 0.411 e. The first-order valence-corrected chi connectivity index (χ1v) is 10.6. The van der Waals surface area contributed by atoms with Crippen LogP contribution < -0.4 is 5.32 Å². The van der Waals surface area contributed by atoms with Gasteiger partial charge in [-0.25, -0.2) is 4.79 Å². The first kappa shape index (κ1) is 20.3. The largest absolute Gasteiger partial charge is 0.458 e. The molecule has 30 heavy (non-hydrogen) atoms. The lowest BCUT2D eigenvalue weighted by Crippen LogP contribution is -2.37. The summed E-state index contributed by atoms with van der Waals surface area (Å²) in [6.45, 7) is 4.85. The number of amides is 1. The van der Waals surface area contributed by atoms with Gasteiger partial charge in [0.25, 0.3) is 0 Å². The molecule has 2 aliphatic rings. The second kappa shape index (κ2) is 8.82. The number of hydrogen-bond acceptors (Lipinski definition) is 4. The van der Waals surface area contributed by atoms with Gasteiger partial charge in [0.15, 0.2) is 5.76 Å². The molecule has 5 heteroatoms. The molecule has 1 saturated carbocycles. The number of hydrogen-bond donors (Lipinski definition) is 1. The molecule has 0 radical (unpaired) electrons. The van der Waals surface area contributed by atoms with Gasteiger partial charge in [0, 0.05) is 17.2 Å². The minimum absolute atomic E-state index is 0.221. The van der Waals surface area contributed by atoms with Crippen LogP contribution >= 0.6 is 0 Å². The van der Waals surface area contributed by atoms with Gasteiger partial charge in [-0.05, 0) is 48.1 Å². The highest BCUT2D eigenvalue weighted by molar-refractivity contribution is 5.84. The fourth-order valence-corrected chi connectivity index (χ4v) is 4.24. The van der Waals surface area contributed by atoms with E-state index in [2.05, 4.69) is 19.2 Å². The van der Waals surface area contributed by atoms with Crippen LogP contribution in [0.1, 0.15) is 50.7 Å². The van der Waals surface area contributed by atoms with Crippen LogP contribution in [0.2, 0.25) is 0 Å². The third-order valence-corrected chi connectivity index (χ3v) is 6.10. The first-order chi connectivity index (χ1) is 14.5. The predicted molar refractivity (Wildman–Crippen MR) is 116 cm³/mol. The number of carbonyl (C=O) groups is 1. The van der Waals surface area contributed by atoms with E-state index >= 15 is 0 Å². The van der Waals surface area contributed by atoms with Gasteiger partial charge in [-0.3, -0.25) is 5.32 Å². The summed E-state index contributed by atoms with van der Waals surface area (Å²) in [4.78, 5) is 12.0. The number of benzene rings is 2. The Morgan fingerprint density at radius 3 is 2.60 bits per heavy atom. The maximum absolute atomic E-state index is 12.0. The van der Waals surface area contributed by atoms with Crippen LogP contribution in [0, 0.1) is 11.3 Å². The van der Waals surface area contributed by atoms with E-state index in [0.29, 0.717) is 11.6 Å². The zero-order valence-electron chi connectivity index (χ0n) is 17.6. The normalized spacial score (nSPS) is 22.4. The molecular formula is C25H29NO4. The third kappa shape index (κ3) is 4.78. The Morgan fingerprint density at radius 2 is 1.87 bits per heavy atom. The van der Waals surface area contributed by atoms with Crippen LogP contribution in [0.3, 0.4) is 0 Å². The Bertz CT molecular complexity index is 889. The van der Waals surface area contributed by atoms with Gasteiger partial charge in [-0.2, -0.15) is 0 Å². The minimum Gasteiger partial charge on any atom is -0.458 e. The summed E-state index contributed by atoms with van der Waals surface area (Å²) < 4.78 is 17.3. The molecule has 4 rings (SSSR count). The van der Waals surface area contributed by atoms with Crippen molar-refractivity contribution in [1.82, 2.24) is 0 Å². The first-order valence-electron chi connectivity index (χ1n) is 10.6. The van der Waals surface area contributed by atoms with Crippen molar-refractivity contribution in [2.24, 2.45) is 11.3 Å². The van der Waals surface area contributed by atoms with Gasteiger partial charge < -0.3 is 14.2 Å². The van der Waals surface area contributed by atoms with Crippen molar-refractivity contribution in [3.63, 3.8) is 0 Å². The molecule has 158 valence electrons. The number of carbonyl (C=O) groups excluding carboxylic acids is 1.